The van der Waals surface area contributed by atoms with E-state index in [1.807, 2.05) is 30.3 Å². The molecule has 3 N–H and O–H groups in total. The van der Waals surface area contributed by atoms with Crippen molar-refractivity contribution in [3.05, 3.63) is 59.1 Å². The van der Waals surface area contributed by atoms with E-state index in [0.717, 1.165) is 5.56 Å². The molecule has 2 aromatic carbocycles. The van der Waals surface area contributed by atoms with Gasteiger partial charge in [0, 0.05) is 5.02 Å². The fourth-order valence-electron chi connectivity index (χ4n) is 1.61. The van der Waals surface area contributed by atoms with Crippen LogP contribution in [-0.4, -0.2) is 5.91 Å². The lowest BCUT2D eigenvalue weighted by Gasteiger charge is -2.08. The van der Waals surface area contributed by atoms with E-state index in [1.165, 1.54) is 0 Å². The monoisotopic (exact) mass is 260 g/mol. The number of anilines is 2. The molecular weight excluding hydrogens is 248 g/mol. The Morgan fingerprint density at radius 2 is 1.89 bits per heavy atom. The number of amides is 1. The van der Waals surface area contributed by atoms with Crippen molar-refractivity contribution in [1.82, 2.24) is 0 Å². The molecule has 1 amide bonds. The van der Waals surface area contributed by atoms with E-state index in [2.05, 4.69) is 5.32 Å². The molecule has 0 aliphatic heterocycles. The number of rotatable bonds is 3. The number of hydrogen-bond acceptors (Lipinski definition) is 2. The van der Waals surface area contributed by atoms with Crippen molar-refractivity contribution < 1.29 is 4.79 Å². The molecule has 0 saturated heterocycles. The van der Waals surface area contributed by atoms with E-state index in [1.54, 1.807) is 18.2 Å². The maximum absolute atomic E-state index is 11.8. The number of hydrogen-bond donors (Lipinski definition) is 2. The third kappa shape index (κ3) is 3.25. The smallest absolute Gasteiger partial charge is 0.228 e. The summed E-state index contributed by atoms with van der Waals surface area (Å²) in [5.74, 6) is -0.116. The fourth-order valence-corrected chi connectivity index (χ4v) is 1.78. The summed E-state index contributed by atoms with van der Waals surface area (Å²) in [5, 5.41) is 3.29. The van der Waals surface area contributed by atoms with Gasteiger partial charge in [0.2, 0.25) is 5.91 Å². The standard InChI is InChI=1S/C14H13ClN2O/c15-11-6-7-12(16)13(9-11)17-14(18)8-10-4-2-1-3-5-10/h1-7,9H,8,16H2,(H,17,18). The summed E-state index contributed by atoms with van der Waals surface area (Å²) in [6.07, 6.45) is 0.312. The van der Waals surface area contributed by atoms with Gasteiger partial charge in [-0.1, -0.05) is 41.9 Å². The van der Waals surface area contributed by atoms with Crippen LogP contribution in [-0.2, 0) is 11.2 Å². The van der Waals surface area contributed by atoms with Crippen molar-refractivity contribution in [1.29, 1.82) is 0 Å². The zero-order chi connectivity index (χ0) is 13.0. The van der Waals surface area contributed by atoms with E-state index >= 15 is 0 Å². The Morgan fingerprint density at radius 1 is 1.17 bits per heavy atom. The van der Waals surface area contributed by atoms with Crippen LogP contribution < -0.4 is 11.1 Å². The lowest BCUT2D eigenvalue weighted by atomic mass is 10.1. The fraction of sp³-hybridized carbons (Fsp3) is 0.0714. The topological polar surface area (TPSA) is 55.1 Å². The van der Waals surface area contributed by atoms with Gasteiger partial charge < -0.3 is 11.1 Å². The Morgan fingerprint density at radius 3 is 2.61 bits per heavy atom. The van der Waals surface area contributed by atoms with Gasteiger partial charge in [0.1, 0.15) is 0 Å². The molecule has 0 bridgehead atoms. The average molecular weight is 261 g/mol. The Balaban J connectivity index is 2.05. The van der Waals surface area contributed by atoms with Crippen LogP contribution >= 0.6 is 11.6 Å². The third-order valence-corrected chi connectivity index (χ3v) is 2.73. The molecule has 0 saturated carbocycles. The highest BCUT2D eigenvalue weighted by Gasteiger charge is 2.06. The number of carbonyl (C=O) groups excluding carboxylic acids is 1. The molecule has 92 valence electrons. The van der Waals surface area contributed by atoms with Gasteiger partial charge in [-0.25, -0.2) is 0 Å². The number of halogens is 1. The molecule has 0 aliphatic rings. The van der Waals surface area contributed by atoms with Crippen molar-refractivity contribution in [3.63, 3.8) is 0 Å². The SMILES string of the molecule is Nc1ccc(Cl)cc1NC(=O)Cc1ccccc1. The molecule has 3 nitrogen and oxygen atoms in total. The number of nitrogen functional groups attached to an aromatic ring is 1. The maximum atomic E-state index is 11.8. The molecule has 0 heterocycles. The molecular formula is C14H13ClN2O. The van der Waals surface area contributed by atoms with Crippen LogP contribution in [0, 0.1) is 0 Å². The van der Waals surface area contributed by atoms with Crippen LogP contribution in [0.5, 0.6) is 0 Å². The lowest BCUT2D eigenvalue weighted by Crippen LogP contribution is -2.15. The van der Waals surface area contributed by atoms with Crippen molar-refractivity contribution in [2.24, 2.45) is 0 Å². The molecule has 0 aromatic heterocycles. The Bertz CT molecular complexity index is 555. The first-order valence-corrected chi connectivity index (χ1v) is 5.92. The van der Waals surface area contributed by atoms with E-state index < -0.39 is 0 Å². The second-order valence-electron chi connectivity index (χ2n) is 3.94. The van der Waals surface area contributed by atoms with Crippen molar-refractivity contribution >= 4 is 28.9 Å². The van der Waals surface area contributed by atoms with Crippen LogP contribution in [0.25, 0.3) is 0 Å². The Labute approximate surface area is 111 Å². The minimum absolute atomic E-state index is 0.116. The molecule has 0 spiro atoms. The minimum atomic E-state index is -0.116. The van der Waals surface area contributed by atoms with Crippen molar-refractivity contribution in [2.45, 2.75) is 6.42 Å². The van der Waals surface area contributed by atoms with Crippen molar-refractivity contribution in [2.75, 3.05) is 11.1 Å². The number of carbonyl (C=O) groups is 1. The summed E-state index contributed by atoms with van der Waals surface area (Å²) in [6.45, 7) is 0. The number of nitrogens with two attached hydrogens (primary N) is 1. The highest BCUT2D eigenvalue weighted by molar-refractivity contribution is 6.31. The lowest BCUT2D eigenvalue weighted by molar-refractivity contribution is -0.115. The van der Waals surface area contributed by atoms with Gasteiger partial charge in [-0.2, -0.15) is 0 Å². The molecule has 2 aromatic rings. The van der Waals surface area contributed by atoms with Gasteiger partial charge in [-0.05, 0) is 23.8 Å². The molecule has 0 radical (unpaired) electrons. The highest BCUT2D eigenvalue weighted by atomic mass is 35.5. The largest absolute Gasteiger partial charge is 0.397 e. The summed E-state index contributed by atoms with van der Waals surface area (Å²) in [6, 6.07) is 14.5. The van der Waals surface area contributed by atoms with E-state index in [4.69, 9.17) is 17.3 Å². The highest BCUT2D eigenvalue weighted by Crippen LogP contribution is 2.22. The second-order valence-corrected chi connectivity index (χ2v) is 4.38. The van der Waals surface area contributed by atoms with Gasteiger partial charge >= 0.3 is 0 Å². The van der Waals surface area contributed by atoms with Gasteiger partial charge in [0.05, 0.1) is 17.8 Å². The minimum Gasteiger partial charge on any atom is -0.397 e. The van der Waals surface area contributed by atoms with E-state index in [0.29, 0.717) is 22.8 Å². The van der Waals surface area contributed by atoms with Gasteiger partial charge in [-0.15, -0.1) is 0 Å². The van der Waals surface area contributed by atoms with Gasteiger partial charge in [0.15, 0.2) is 0 Å². The Hall–Kier alpha value is -2.00. The zero-order valence-corrected chi connectivity index (χ0v) is 10.4. The number of nitrogens with one attached hydrogen (secondary N) is 1. The molecule has 18 heavy (non-hydrogen) atoms. The number of benzene rings is 2. The average Bonchev–Trinajstić information content (AvgIpc) is 2.35. The normalized spacial score (nSPS) is 10.1. The molecule has 4 heteroatoms. The summed E-state index contributed by atoms with van der Waals surface area (Å²) >= 11 is 5.85. The summed E-state index contributed by atoms with van der Waals surface area (Å²) in [4.78, 5) is 11.8. The van der Waals surface area contributed by atoms with Crippen LogP contribution in [0.3, 0.4) is 0 Å². The first-order valence-electron chi connectivity index (χ1n) is 5.54. The van der Waals surface area contributed by atoms with Gasteiger partial charge in [0.25, 0.3) is 0 Å². The van der Waals surface area contributed by atoms with Crippen LogP contribution in [0.15, 0.2) is 48.5 Å². The summed E-state index contributed by atoms with van der Waals surface area (Å²) in [5.41, 5.74) is 7.76. The van der Waals surface area contributed by atoms with Crippen LogP contribution in [0.2, 0.25) is 5.02 Å². The first kappa shape index (κ1) is 12.5. The second kappa shape index (κ2) is 5.56. The summed E-state index contributed by atoms with van der Waals surface area (Å²) in [7, 11) is 0. The maximum Gasteiger partial charge on any atom is 0.228 e. The summed E-state index contributed by atoms with van der Waals surface area (Å²) < 4.78 is 0. The molecule has 0 unspecified atom stereocenters. The predicted molar refractivity (Wildman–Crippen MR) is 74.6 cm³/mol. The van der Waals surface area contributed by atoms with E-state index in [9.17, 15) is 4.79 Å². The quantitative estimate of drug-likeness (QED) is 0.833. The predicted octanol–water partition coefficient (Wildman–Crippen LogP) is 3.10. The van der Waals surface area contributed by atoms with Gasteiger partial charge in [-0.3, -0.25) is 4.79 Å². The van der Waals surface area contributed by atoms with Crippen LogP contribution in [0.4, 0.5) is 11.4 Å². The van der Waals surface area contributed by atoms with Crippen LogP contribution in [0.1, 0.15) is 5.56 Å². The van der Waals surface area contributed by atoms with E-state index in [-0.39, 0.29) is 5.91 Å². The molecule has 2 rings (SSSR count). The zero-order valence-electron chi connectivity index (χ0n) is 9.69. The third-order valence-electron chi connectivity index (χ3n) is 2.50. The first-order chi connectivity index (χ1) is 8.65. The van der Waals surface area contributed by atoms with Crippen molar-refractivity contribution in [3.8, 4) is 0 Å². The molecule has 0 fully saturated rings. The molecule has 0 aliphatic carbocycles. The molecule has 0 atom stereocenters. The Kier molecular flexibility index (Phi) is 3.85.